The summed E-state index contributed by atoms with van der Waals surface area (Å²) in [4.78, 5) is 6.80. The number of aliphatic imine (C=N–C) groups is 1. The molecule has 2 fully saturated rings. The van der Waals surface area contributed by atoms with E-state index < -0.39 is 0 Å². The van der Waals surface area contributed by atoms with E-state index in [9.17, 15) is 0 Å². The van der Waals surface area contributed by atoms with Gasteiger partial charge in [-0.3, -0.25) is 4.99 Å². The molecule has 0 aromatic heterocycles. The normalized spacial score (nSPS) is 24.1. The summed E-state index contributed by atoms with van der Waals surface area (Å²) < 4.78 is 5.43. The summed E-state index contributed by atoms with van der Waals surface area (Å²) in [5.41, 5.74) is 2.56. The van der Waals surface area contributed by atoms with Crippen LogP contribution in [0, 0.1) is 11.8 Å². The zero-order valence-electron chi connectivity index (χ0n) is 17.2. The van der Waals surface area contributed by atoms with Gasteiger partial charge < -0.3 is 20.3 Å². The zero-order chi connectivity index (χ0) is 19.1. The first-order valence-corrected chi connectivity index (χ1v) is 10.5. The van der Waals surface area contributed by atoms with E-state index in [1.54, 1.807) is 0 Å². The van der Waals surface area contributed by atoms with Gasteiger partial charge in [0.1, 0.15) is 0 Å². The lowest BCUT2D eigenvalue weighted by molar-refractivity contribution is 0.122. The molecule has 1 aliphatic heterocycles. The molecular weight excluding hydrogens is 336 g/mol. The van der Waals surface area contributed by atoms with Crippen LogP contribution in [0.1, 0.15) is 45.1 Å². The molecule has 0 unspecified atom stereocenters. The van der Waals surface area contributed by atoms with Crippen LogP contribution in [0.3, 0.4) is 0 Å². The number of hydrogen-bond acceptors (Lipinski definition) is 3. The van der Waals surface area contributed by atoms with Crippen molar-refractivity contribution in [2.24, 2.45) is 16.8 Å². The number of benzene rings is 1. The molecule has 0 spiro atoms. The Morgan fingerprint density at radius 3 is 2.37 bits per heavy atom. The fraction of sp³-hybridized carbons (Fsp3) is 0.682. The van der Waals surface area contributed by atoms with Crippen LogP contribution in [0.2, 0.25) is 0 Å². The average Bonchev–Trinajstić information content (AvgIpc) is 2.72. The van der Waals surface area contributed by atoms with Crippen molar-refractivity contribution in [3.63, 3.8) is 0 Å². The zero-order valence-corrected chi connectivity index (χ0v) is 17.2. The van der Waals surface area contributed by atoms with Crippen LogP contribution in [0.25, 0.3) is 0 Å². The molecule has 1 aliphatic carbocycles. The highest BCUT2D eigenvalue weighted by Crippen LogP contribution is 2.29. The smallest absolute Gasteiger partial charge is 0.191 e. The number of nitrogens with zero attached hydrogens (tertiary/aromatic N) is 2. The van der Waals surface area contributed by atoms with Gasteiger partial charge in [-0.2, -0.15) is 0 Å². The Hall–Kier alpha value is -1.75. The Kier molecular flexibility index (Phi) is 7.39. The SMILES string of the molecule is CN=C(NCc1ccc(N2CCOCC2)cc1)NC1CCC(C(C)C)CC1. The highest BCUT2D eigenvalue weighted by molar-refractivity contribution is 5.80. The number of morpholine rings is 1. The van der Waals surface area contributed by atoms with Crippen LogP contribution in [-0.2, 0) is 11.3 Å². The van der Waals surface area contributed by atoms with Crippen molar-refractivity contribution in [3.05, 3.63) is 29.8 Å². The lowest BCUT2D eigenvalue weighted by Crippen LogP contribution is -2.44. The van der Waals surface area contributed by atoms with E-state index in [2.05, 4.69) is 58.6 Å². The Labute approximate surface area is 164 Å². The molecule has 1 saturated carbocycles. The van der Waals surface area contributed by atoms with Crippen LogP contribution >= 0.6 is 0 Å². The molecule has 2 N–H and O–H groups in total. The molecule has 2 aliphatic rings. The number of rotatable bonds is 5. The highest BCUT2D eigenvalue weighted by atomic mass is 16.5. The van der Waals surface area contributed by atoms with Crippen LogP contribution in [0.5, 0.6) is 0 Å². The van der Waals surface area contributed by atoms with Gasteiger partial charge in [-0.15, -0.1) is 0 Å². The van der Waals surface area contributed by atoms with Crippen LogP contribution in [0.4, 0.5) is 5.69 Å². The van der Waals surface area contributed by atoms with E-state index in [1.165, 1.54) is 36.9 Å². The van der Waals surface area contributed by atoms with Crippen molar-refractivity contribution >= 4 is 11.6 Å². The summed E-state index contributed by atoms with van der Waals surface area (Å²) in [6.07, 6.45) is 5.15. The molecular formula is C22H36N4O. The van der Waals surface area contributed by atoms with Gasteiger partial charge in [0, 0.05) is 38.4 Å². The third-order valence-corrected chi connectivity index (χ3v) is 6.05. The molecule has 0 amide bonds. The van der Waals surface area contributed by atoms with Gasteiger partial charge in [0.25, 0.3) is 0 Å². The Bertz CT molecular complexity index is 585. The molecule has 27 heavy (non-hydrogen) atoms. The first-order chi connectivity index (χ1) is 13.2. The third-order valence-electron chi connectivity index (χ3n) is 6.05. The van der Waals surface area contributed by atoms with Crippen molar-refractivity contribution in [2.45, 2.75) is 52.1 Å². The summed E-state index contributed by atoms with van der Waals surface area (Å²) in [7, 11) is 1.86. The third kappa shape index (κ3) is 5.86. The second kappa shape index (κ2) is 9.98. The molecule has 0 bridgehead atoms. The van der Waals surface area contributed by atoms with Crippen molar-refractivity contribution in [2.75, 3.05) is 38.3 Å². The second-order valence-electron chi connectivity index (χ2n) is 8.19. The van der Waals surface area contributed by atoms with Crippen LogP contribution in [0.15, 0.2) is 29.3 Å². The number of nitrogens with one attached hydrogen (secondary N) is 2. The van der Waals surface area contributed by atoms with Crippen molar-refractivity contribution < 1.29 is 4.74 Å². The molecule has 1 saturated heterocycles. The number of ether oxygens (including phenoxy) is 1. The monoisotopic (exact) mass is 372 g/mol. The Balaban J connectivity index is 1.44. The Morgan fingerprint density at radius 1 is 1.11 bits per heavy atom. The lowest BCUT2D eigenvalue weighted by Gasteiger charge is -2.32. The van der Waals surface area contributed by atoms with Gasteiger partial charge in [-0.25, -0.2) is 0 Å². The molecule has 3 rings (SSSR count). The highest BCUT2D eigenvalue weighted by Gasteiger charge is 2.23. The molecule has 0 radical (unpaired) electrons. The maximum atomic E-state index is 5.43. The number of anilines is 1. The lowest BCUT2D eigenvalue weighted by atomic mass is 9.80. The largest absolute Gasteiger partial charge is 0.378 e. The minimum atomic E-state index is 0.551. The fourth-order valence-electron chi connectivity index (χ4n) is 4.15. The van der Waals surface area contributed by atoms with Gasteiger partial charge in [-0.05, 0) is 55.2 Å². The first-order valence-electron chi connectivity index (χ1n) is 10.5. The minimum absolute atomic E-state index is 0.551. The van der Waals surface area contributed by atoms with Gasteiger partial charge >= 0.3 is 0 Å². The quantitative estimate of drug-likeness (QED) is 0.614. The summed E-state index contributed by atoms with van der Waals surface area (Å²) in [6, 6.07) is 9.39. The van der Waals surface area contributed by atoms with Crippen molar-refractivity contribution in [1.29, 1.82) is 0 Å². The van der Waals surface area contributed by atoms with Crippen molar-refractivity contribution in [1.82, 2.24) is 10.6 Å². The maximum absolute atomic E-state index is 5.43. The van der Waals surface area contributed by atoms with E-state index in [4.69, 9.17) is 4.74 Å². The van der Waals surface area contributed by atoms with E-state index in [-0.39, 0.29) is 0 Å². The Morgan fingerprint density at radius 2 is 1.78 bits per heavy atom. The van der Waals surface area contributed by atoms with E-state index in [0.29, 0.717) is 6.04 Å². The van der Waals surface area contributed by atoms with Crippen molar-refractivity contribution in [3.8, 4) is 0 Å². The van der Waals surface area contributed by atoms with E-state index in [1.807, 2.05) is 7.05 Å². The predicted octanol–water partition coefficient (Wildman–Crippen LogP) is 3.40. The number of guanidine groups is 1. The number of hydrogen-bond donors (Lipinski definition) is 2. The van der Waals surface area contributed by atoms with Gasteiger partial charge in [0.15, 0.2) is 5.96 Å². The second-order valence-corrected chi connectivity index (χ2v) is 8.19. The molecule has 1 aromatic carbocycles. The summed E-state index contributed by atoms with van der Waals surface area (Å²) in [5.74, 6) is 2.62. The molecule has 150 valence electrons. The first kappa shape index (κ1) is 20.0. The predicted molar refractivity (Wildman–Crippen MR) is 113 cm³/mol. The van der Waals surface area contributed by atoms with Crippen LogP contribution < -0.4 is 15.5 Å². The van der Waals surface area contributed by atoms with Gasteiger partial charge in [0.05, 0.1) is 13.2 Å². The maximum Gasteiger partial charge on any atom is 0.191 e. The summed E-state index contributed by atoms with van der Waals surface area (Å²) >= 11 is 0. The summed E-state index contributed by atoms with van der Waals surface area (Å²) in [6.45, 7) is 9.10. The van der Waals surface area contributed by atoms with Gasteiger partial charge in [-0.1, -0.05) is 26.0 Å². The topological polar surface area (TPSA) is 48.9 Å². The van der Waals surface area contributed by atoms with E-state index >= 15 is 0 Å². The standard InChI is InChI=1S/C22H36N4O/c1-17(2)19-6-8-20(9-7-19)25-22(23-3)24-16-18-4-10-21(11-5-18)26-12-14-27-15-13-26/h4-5,10-11,17,19-20H,6-9,12-16H2,1-3H3,(H2,23,24,25). The summed E-state index contributed by atoms with van der Waals surface area (Å²) in [5, 5.41) is 7.09. The molecule has 5 nitrogen and oxygen atoms in total. The molecule has 0 atom stereocenters. The fourth-order valence-corrected chi connectivity index (χ4v) is 4.15. The minimum Gasteiger partial charge on any atom is -0.378 e. The molecule has 5 heteroatoms. The van der Waals surface area contributed by atoms with E-state index in [0.717, 1.165) is 50.6 Å². The van der Waals surface area contributed by atoms with Crippen LogP contribution in [-0.4, -0.2) is 45.4 Å². The molecule has 1 aromatic rings. The average molecular weight is 373 g/mol. The molecule has 1 heterocycles. The van der Waals surface area contributed by atoms with Gasteiger partial charge in [0.2, 0.25) is 0 Å².